The highest BCUT2D eigenvalue weighted by Crippen LogP contribution is 2.12. The van der Waals surface area contributed by atoms with Gasteiger partial charge in [0.1, 0.15) is 12.6 Å². The molecule has 25 heavy (non-hydrogen) atoms. The monoisotopic (exact) mass is 345 g/mol. The molecule has 1 heterocycles. The van der Waals surface area contributed by atoms with Crippen molar-refractivity contribution in [2.75, 3.05) is 25.0 Å². The first kappa shape index (κ1) is 18.5. The first-order chi connectivity index (χ1) is 12.1. The number of carbonyl (C=O) groups is 3. The van der Waals surface area contributed by atoms with Crippen LogP contribution in [0.2, 0.25) is 0 Å². The third kappa shape index (κ3) is 5.95. The van der Waals surface area contributed by atoms with Gasteiger partial charge in [0.15, 0.2) is 0 Å². The second-order valence-electron chi connectivity index (χ2n) is 5.73. The van der Waals surface area contributed by atoms with E-state index in [9.17, 15) is 14.4 Å². The lowest BCUT2D eigenvalue weighted by molar-refractivity contribution is -0.146. The lowest BCUT2D eigenvalue weighted by Gasteiger charge is -2.23. The Morgan fingerprint density at radius 3 is 2.52 bits per heavy atom. The van der Waals surface area contributed by atoms with Crippen LogP contribution >= 0.6 is 0 Å². The van der Waals surface area contributed by atoms with Crippen molar-refractivity contribution in [1.82, 2.24) is 10.2 Å². The molecule has 1 atom stereocenters. The second-order valence-corrected chi connectivity index (χ2v) is 5.73. The minimum atomic E-state index is -0.959. The minimum absolute atomic E-state index is 0.0691. The van der Waals surface area contributed by atoms with Gasteiger partial charge in [0.05, 0.1) is 6.42 Å². The van der Waals surface area contributed by atoms with Gasteiger partial charge in [0, 0.05) is 18.8 Å². The number of ether oxygens (including phenoxy) is 1. The maximum atomic E-state index is 12.6. The van der Waals surface area contributed by atoms with Crippen LogP contribution in [0.1, 0.15) is 19.3 Å². The van der Waals surface area contributed by atoms with Gasteiger partial charge in [-0.2, -0.15) is 0 Å². The molecule has 0 aromatic heterocycles. The largest absolute Gasteiger partial charge is 0.461 e. The molecule has 7 heteroatoms. The van der Waals surface area contributed by atoms with Crippen molar-refractivity contribution in [2.24, 2.45) is 0 Å². The molecule has 2 N–H and O–H groups in total. The van der Waals surface area contributed by atoms with Gasteiger partial charge in [-0.3, -0.25) is 9.59 Å². The van der Waals surface area contributed by atoms with Crippen LogP contribution in [0.3, 0.4) is 0 Å². The number of likely N-dealkylation sites (tertiary alicyclic amines) is 1. The Balaban J connectivity index is 1.99. The van der Waals surface area contributed by atoms with Crippen molar-refractivity contribution in [3.8, 4) is 0 Å². The van der Waals surface area contributed by atoms with E-state index in [-0.39, 0.29) is 18.9 Å². The molecule has 7 nitrogen and oxygen atoms in total. The molecular formula is C18H23N3O4. The van der Waals surface area contributed by atoms with Crippen LogP contribution in [-0.4, -0.2) is 48.5 Å². The quantitative estimate of drug-likeness (QED) is 0.584. The van der Waals surface area contributed by atoms with Gasteiger partial charge in [-0.05, 0) is 25.0 Å². The number of nitrogens with zero attached hydrogens (tertiary/aromatic N) is 1. The Hall–Kier alpha value is -2.83. The molecule has 2 rings (SSSR count). The second kappa shape index (κ2) is 9.46. The molecule has 1 fully saturated rings. The fourth-order valence-corrected chi connectivity index (χ4v) is 2.58. The summed E-state index contributed by atoms with van der Waals surface area (Å²) in [6, 6.07) is 7.37. The highest BCUT2D eigenvalue weighted by atomic mass is 16.5. The molecule has 0 aliphatic carbocycles. The Morgan fingerprint density at radius 1 is 1.20 bits per heavy atom. The Bertz CT molecular complexity index is 612. The normalized spacial score (nSPS) is 14.5. The zero-order valence-electron chi connectivity index (χ0n) is 14.1. The number of hydrogen-bond acceptors (Lipinski definition) is 4. The Kier molecular flexibility index (Phi) is 7.00. The van der Waals surface area contributed by atoms with Gasteiger partial charge in [-0.25, -0.2) is 4.79 Å². The average molecular weight is 345 g/mol. The SMILES string of the molecule is C=CCOC(=O)C[C@H](NC(=O)Nc1ccccc1)C(=O)N1CCCC1. The van der Waals surface area contributed by atoms with Crippen molar-refractivity contribution in [2.45, 2.75) is 25.3 Å². The maximum Gasteiger partial charge on any atom is 0.319 e. The van der Waals surface area contributed by atoms with Gasteiger partial charge in [-0.1, -0.05) is 30.9 Å². The predicted molar refractivity (Wildman–Crippen MR) is 94.0 cm³/mol. The molecule has 1 aromatic rings. The van der Waals surface area contributed by atoms with Crippen LogP contribution in [0.25, 0.3) is 0 Å². The molecule has 1 saturated heterocycles. The van der Waals surface area contributed by atoms with E-state index in [0.29, 0.717) is 18.8 Å². The van der Waals surface area contributed by atoms with Crippen LogP contribution in [0, 0.1) is 0 Å². The molecule has 0 radical (unpaired) electrons. The Morgan fingerprint density at radius 2 is 1.88 bits per heavy atom. The zero-order valence-corrected chi connectivity index (χ0v) is 14.1. The summed E-state index contributed by atoms with van der Waals surface area (Å²) in [6.45, 7) is 4.82. The number of amides is 3. The molecule has 1 aliphatic rings. The van der Waals surface area contributed by atoms with Gasteiger partial charge < -0.3 is 20.3 Å². The topological polar surface area (TPSA) is 87.7 Å². The van der Waals surface area contributed by atoms with E-state index in [1.54, 1.807) is 29.2 Å². The van der Waals surface area contributed by atoms with Gasteiger partial charge in [0.25, 0.3) is 0 Å². The molecule has 1 aromatic carbocycles. The smallest absolute Gasteiger partial charge is 0.319 e. The summed E-state index contributed by atoms with van der Waals surface area (Å²) in [6.07, 6.45) is 3.08. The molecule has 1 aliphatic heterocycles. The first-order valence-electron chi connectivity index (χ1n) is 8.28. The van der Waals surface area contributed by atoms with E-state index < -0.39 is 18.0 Å². The summed E-state index contributed by atoms with van der Waals surface area (Å²) >= 11 is 0. The van der Waals surface area contributed by atoms with Crippen LogP contribution in [0.4, 0.5) is 10.5 Å². The lowest BCUT2D eigenvalue weighted by Crippen LogP contribution is -2.50. The zero-order chi connectivity index (χ0) is 18.1. The number of esters is 1. The highest BCUT2D eigenvalue weighted by Gasteiger charge is 2.30. The van der Waals surface area contributed by atoms with Gasteiger partial charge >= 0.3 is 12.0 Å². The van der Waals surface area contributed by atoms with E-state index in [0.717, 1.165) is 12.8 Å². The number of para-hydroxylation sites is 1. The number of rotatable bonds is 7. The highest BCUT2D eigenvalue weighted by molar-refractivity contribution is 5.95. The third-order valence-corrected chi connectivity index (χ3v) is 3.79. The molecule has 0 unspecified atom stereocenters. The Labute approximate surface area is 147 Å². The molecule has 0 bridgehead atoms. The van der Waals surface area contributed by atoms with Crippen LogP contribution < -0.4 is 10.6 Å². The van der Waals surface area contributed by atoms with Crippen LogP contribution in [-0.2, 0) is 14.3 Å². The van der Waals surface area contributed by atoms with Crippen molar-refractivity contribution in [3.05, 3.63) is 43.0 Å². The van der Waals surface area contributed by atoms with Crippen molar-refractivity contribution >= 4 is 23.6 Å². The van der Waals surface area contributed by atoms with Crippen LogP contribution in [0.15, 0.2) is 43.0 Å². The summed E-state index contributed by atoms with van der Waals surface area (Å²) in [5, 5.41) is 5.23. The molecule has 3 amide bonds. The van der Waals surface area contributed by atoms with E-state index in [4.69, 9.17) is 4.74 Å². The standard InChI is InChI=1S/C18H23N3O4/c1-2-12-25-16(22)13-15(17(23)21-10-6-7-11-21)20-18(24)19-14-8-4-3-5-9-14/h2-5,8-9,15H,1,6-7,10-13H2,(H2,19,20,24)/t15-/m0/s1. The van der Waals surface area contributed by atoms with Crippen molar-refractivity contribution in [1.29, 1.82) is 0 Å². The molecular weight excluding hydrogens is 322 g/mol. The summed E-state index contributed by atoms with van der Waals surface area (Å²) in [4.78, 5) is 38.3. The average Bonchev–Trinajstić information content (AvgIpc) is 3.14. The van der Waals surface area contributed by atoms with Crippen molar-refractivity contribution < 1.29 is 19.1 Å². The summed E-state index contributed by atoms with van der Waals surface area (Å²) in [7, 11) is 0. The lowest BCUT2D eigenvalue weighted by atomic mass is 10.2. The number of nitrogens with one attached hydrogen (secondary N) is 2. The van der Waals surface area contributed by atoms with Gasteiger partial charge in [0.2, 0.25) is 5.91 Å². The minimum Gasteiger partial charge on any atom is -0.461 e. The number of carbonyl (C=O) groups excluding carboxylic acids is 3. The number of hydrogen-bond donors (Lipinski definition) is 2. The van der Waals surface area contributed by atoms with Crippen molar-refractivity contribution in [3.63, 3.8) is 0 Å². The predicted octanol–water partition coefficient (Wildman–Crippen LogP) is 1.92. The van der Waals surface area contributed by atoms with Crippen LogP contribution in [0.5, 0.6) is 0 Å². The maximum absolute atomic E-state index is 12.6. The molecule has 0 spiro atoms. The number of urea groups is 1. The van der Waals surface area contributed by atoms with Gasteiger partial charge in [-0.15, -0.1) is 0 Å². The number of benzene rings is 1. The fraction of sp³-hybridized carbons (Fsp3) is 0.389. The summed E-state index contributed by atoms with van der Waals surface area (Å²) in [5.41, 5.74) is 0.599. The summed E-state index contributed by atoms with van der Waals surface area (Å²) < 4.78 is 4.93. The first-order valence-corrected chi connectivity index (χ1v) is 8.28. The fourth-order valence-electron chi connectivity index (χ4n) is 2.58. The summed E-state index contributed by atoms with van der Waals surface area (Å²) in [5.74, 6) is -0.825. The van der Waals surface area contributed by atoms with E-state index in [1.165, 1.54) is 6.08 Å². The van der Waals surface area contributed by atoms with E-state index in [2.05, 4.69) is 17.2 Å². The number of anilines is 1. The molecule has 0 saturated carbocycles. The van der Waals surface area contributed by atoms with E-state index in [1.807, 2.05) is 6.07 Å². The van der Waals surface area contributed by atoms with E-state index >= 15 is 0 Å². The molecule has 134 valence electrons. The third-order valence-electron chi connectivity index (χ3n) is 3.79.